The maximum atomic E-state index is 13.9. The number of nitrogens with one attached hydrogen (secondary N) is 1. The fourth-order valence-electron chi connectivity index (χ4n) is 2.91. The molecular weight excluding hydrogens is 298 g/mol. The van der Waals surface area contributed by atoms with Crippen LogP contribution in [-0.4, -0.2) is 10.9 Å². The fourth-order valence-corrected chi connectivity index (χ4v) is 2.91. The van der Waals surface area contributed by atoms with E-state index >= 15 is 0 Å². The molecule has 120 valence electrons. The molecule has 0 aliphatic heterocycles. The van der Waals surface area contributed by atoms with E-state index in [1.165, 1.54) is 0 Å². The largest absolute Gasteiger partial charge is 0.349 e. The van der Waals surface area contributed by atoms with E-state index < -0.39 is 17.7 Å². The summed E-state index contributed by atoms with van der Waals surface area (Å²) in [6, 6.07) is 6.60. The van der Waals surface area contributed by atoms with Crippen molar-refractivity contribution in [1.82, 2.24) is 10.3 Å². The Kier molecular flexibility index (Phi) is 4.37. The van der Waals surface area contributed by atoms with Crippen molar-refractivity contribution < 1.29 is 13.6 Å². The van der Waals surface area contributed by atoms with Crippen LogP contribution in [0.4, 0.5) is 8.78 Å². The molecular formula is C18H18F2N2O. The van der Waals surface area contributed by atoms with Crippen LogP contribution in [0.1, 0.15) is 42.9 Å². The molecule has 1 fully saturated rings. The second kappa shape index (κ2) is 6.44. The molecule has 0 saturated heterocycles. The highest BCUT2D eigenvalue weighted by Gasteiger charge is 2.44. The SMILES string of the molecule is CC[C@H](NC(=O)[C@@H]1C[C@H]1c1cccnc1)c1cc(F)ccc1F. The van der Waals surface area contributed by atoms with Crippen molar-refractivity contribution in [1.29, 1.82) is 0 Å². The Morgan fingerprint density at radius 1 is 1.39 bits per heavy atom. The van der Waals surface area contributed by atoms with Gasteiger partial charge in [-0.2, -0.15) is 0 Å². The summed E-state index contributed by atoms with van der Waals surface area (Å²) in [5, 5.41) is 2.85. The molecule has 5 heteroatoms. The minimum absolute atomic E-state index is 0.116. The number of amides is 1. The standard InChI is InChI=1S/C18H18F2N2O/c1-2-17(15-8-12(19)5-6-16(15)20)22-18(23)14-9-13(14)11-4-3-7-21-10-11/h3-8,10,13-14,17H,2,9H2,1H3,(H,22,23)/t13-,14+,17-/m0/s1. The molecule has 2 aromatic rings. The number of rotatable bonds is 5. The summed E-state index contributed by atoms with van der Waals surface area (Å²) in [6.45, 7) is 1.83. The van der Waals surface area contributed by atoms with Crippen molar-refractivity contribution in [2.75, 3.05) is 0 Å². The van der Waals surface area contributed by atoms with Gasteiger partial charge in [0.15, 0.2) is 0 Å². The van der Waals surface area contributed by atoms with E-state index in [0.717, 1.165) is 30.2 Å². The molecule has 1 aliphatic carbocycles. The van der Waals surface area contributed by atoms with Gasteiger partial charge in [-0.15, -0.1) is 0 Å². The molecule has 1 heterocycles. The van der Waals surface area contributed by atoms with Crippen molar-refractivity contribution >= 4 is 5.91 Å². The number of pyridine rings is 1. The number of hydrogen-bond acceptors (Lipinski definition) is 2. The number of halogens is 2. The highest BCUT2D eigenvalue weighted by molar-refractivity contribution is 5.83. The molecule has 1 aromatic carbocycles. The quantitative estimate of drug-likeness (QED) is 0.913. The normalized spacial score (nSPS) is 20.8. The Bertz CT molecular complexity index is 705. The van der Waals surface area contributed by atoms with Gasteiger partial charge in [0.25, 0.3) is 0 Å². The van der Waals surface area contributed by atoms with Gasteiger partial charge in [-0.3, -0.25) is 9.78 Å². The number of aromatic nitrogens is 1. The van der Waals surface area contributed by atoms with E-state index in [2.05, 4.69) is 10.3 Å². The van der Waals surface area contributed by atoms with Gasteiger partial charge < -0.3 is 5.32 Å². The van der Waals surface area contributed by atoms with Crippen LogP contribution < -0.4 is 5.32 Å². The van der Waals surface area contributed by atoms with Gasteiger partial charge in [0.2, 0.25) is 5.91 Å². The van der Waals surface area contributed by atoms with E-state index in [-0.39, 0.29) is 23.3 Å². The topological polar surface area (TPSA) is 42.0 Å². The maximum Gasteiger partial charge on any atom is 0.224 e. The molecule has 1 aromatic heterocycles. The van der Waals surface area contributed by atoms with Gasteiger partial charge in [-0.25, -0.2) is 8.78 Å². The summed E-state index contributed by atoms with van der Waals surface area (Å²) < 4.78 is 27.2. The van der Waals surface area contributed by atoms with Gasteiger partial charge in [-0.05, 0) is 48.6 Å². The fraction of sp³-hybridized carbons (Fsp3) is 0.333. The van der Waals surface area contributed by atoms with Crippen LogP contribution >= 0.6 is 0 Å². The lowest BCUT2D eigenvalue weighted by Gasteiger charge is -2.18. The zero-order valence-corrected chi connectivity index (χ0v) is 12.8. The molecule has 0 bridgehead atoms. The lowest BCUT2D eigenvalue weighted by Crippen LogP contribution is -2.30. The van der Waals surface area contributed by atoms with Gasteiger partial charge in [0.1, 0.15) is 11.6 Å². The third-order valence-electron chi connectivity index (χ3n) is 4.30. The highest BCUT2D eigenvalue weighted by Crippen LogP contribution is 2.47. The zero-order valence-electron chi connectivity index (χ0n) is 12.8. The summed E-state index contributed by atoms with van der Waals surface area (Å²) in [5.74, 6) is -1.08. The molecule has 0 radical (unpaired) electrons. The first kappa shape index (κ1) is 15.6. The third-order valence-corrected chi connectivity index (χ3v) is 4.30. The summed E-state index contributed by atoms with van der Waals surface area (Å²) >= 11 is 0. The van der Waals surface area contributed by atoms with E-state index in [0.29, 0.717) is 6.42 Å². The smallest absolute Gasteiger partial charge is 0.224 e. The molecule has 3 rings (SSSR count). The Morgan fingerprint density at radius 3 is 2.91 bits per heavy atom. The third kappa shape index (κ3) is 3.38. The van der Waals surface area contributed by atoms with Crippen molar-refractivity contribution in [3.05, 3.63) is 65.5 Å². The van der Waals surface area contributed by atoms with Crippen molar-refractivity contribution in [2.24, 2.45) is 5.92 Å². The first-order chi connectivity index (χ1) is 11.1. The van der Waals surface area contributed by atoms with Crippen molar-refractivity contribution in [3.63, 3.8) is 0 Å². The average Bonchev–Trinajstić information content (AvgIpc) is 3.36. The maximum absolute atomic E-state index is 13.9. The van der Waals surface area contributed by atoms with Gasteiger partial charge in [-0.1, -0.05) is 13.0 Å². The van der Waals surface area contributed by atoms with Crippen LogP contribution in [0, 0.1) is 17.6 Å². The number of benzene rings is 1. The molecule has 23 heavy (non-hydrogen) atoms. The minimum Gasteiger partial charge on any atom is -0.349 e. The molecule has 1 N–H and O–H groups in total. The van der Waals surface area contributed by atoms with Crippen molar-refractivity contribution in [3.8, 4) is 0 Å². The predicted molar refractivity (Wildman–Crippen MR) is 82.6 cm³/mol. The summed E-state index contributed by atoms with van der Waals surface area (Å²) in [6.07, 6.45) is 4.72. The molecule has 3 atom stereocenters. The summed E-state index contributed by atoms with van der Waals surface area (Å²) in [4.78, 5) is 16.4. The van der Waals surface area contributed by atoms with Gasteiger partial charge in [0.05, 0.1) is 6.04 Å². The molecule has 0 spiro atoms. The van der Waals surface area contributed by atoms with E-state index in [1.54, 1.807) is 12.4 Å². The second-order valence-electron chi connectivity index (χ2n) is 5.87. The first-order valence-electron chi connectivity index (χ1n) is 7.75. The average molecular weight is 316 g/mol. The van der Waals surface area contributed by atoms with E-state index in [4.69, 9.17) is 0 Å². The monoisotopic (exact) mass is 316 g/mol. The van der Waals surface area contributed by atoms with E-state index in [1.807, 2.05) is 19.1 Å². The van der Waals surface area contributed by atoms with Gasteiger partial charge >= 0.3 is 0 Å². The number of carbonyl (C=O) groups excluding carboxylic acids is 1. The van der Waals surface area contributed by atoms with E-state index in [9.17, 15) is 13.6 Å². The van der Waals surface area contributed by atoms with Crippen LogP contribution in [-0.2, 0) is 4.79 Å². The second-order valence-corrected chi connectivity index (χ2v) is 5.87. The van der Waals surface area contributed by atoms with Gasteiger partial charge in [0, 0.05) is 23.9 Å². The zero-order chi connectivity index (χ0) is 16.4. The van der Waals surface area contributed by atoms with Crippen LogP contribution in [0.5, 0.6) is 0 Å². The molecule has 1 saturated carbocycles. The summed E-state index contributed by atoms with van der Waals surface area (Å²) in [5.41, 5.74) is 1.23. The molecule has 0 unspecified atom stereocenters. The Balaban J connectivity index is 1.68. The van der Waals surface area contributed by atoms with Crippen LogP contribution in [0.25, 0.3) is 0 Å². The Morgan fingerprint density at radius 2 is 2.22 bits per heavy atom. The number of hydrogen-bond donors (Lipinski definition) is 1. The number of carbonyl (C=O) groups is 1. The molecule has 1 aliphatic rings. The highest BCUT2D eigenvalue weighted by atomic mass is 19.1. The Hall–Kier alpha value is -2.30. The predicted octanol–water partition coefficient (Wildman–Crippen LogP) is 3.73. The minimum atomic E-state index is -0.520. The number of nitrogens with zero attached hydrogens (tertiary/aromatic N) is 1. The Labute approximate surface area is 133 Å². The lowest BCUT2D eigenvalue weighted by atomic mass is 10.0. The first-order valence-corrected chi connectivity index (χ1v) is 7.75. The molecule has 1 amide bonds. The van der Waals surface area contributed by atoms with Crippen LogP contribution in [0.3, 0.4) is 0 Å². The van der Waals surface area contributed by atoms with Crippen LogP contribution in [0.2, 0.25) is 0 Å². The summed E-state index contributed by atoms with van der Waals surface area (Å²) in [7, 11) is 0. The van der Waals surface area contributed by atoms with Crippen LogP contribution in [0.15, 0.2) is 42.7 Å². The molecule has 3 nitrogen and oxygen atoms in total. The lowest BCUT2D eigenvalue weighted by molar-refractivity contribution is -0.123. The van der Waals surface area contributed by atoms with Crippen molar-refractivity contribution in [2.45, 2.75) is 31.7 Å².